The average Bonchev–Trinajstić information content (AvgIpc) is 2.96. The normalized spacial score (nSPS) is 12.2. The van der Waals surface area contributed by atoms with Crippen molar-refractivity contribution in [1.82, 2.24) is 14.8 Å². The van der Waals surface area contributed by atoms with Crippen LogP contribution in [0.5, 0.6) is 0 Å². The average molecular weight is 437 g/mol. The van der Waals surface area contributed by atoms with Crippen molar-refractivity contribution >= 4 is 27.3 Å². The van der Waals surface area contributed by atoms with Gasteiger partial charge in [-0.1, -0.05) is 50.6 Å². The lowest BCUT2D eigenvalue weighted by atomic mass is 9.82. The molecule has 1 heterocycles. The molecule has 29 heavy (non-hydrogen) atoms. The molecule has 0 amide bonds. The van der Waals surface area contributed by atoms with E-state index >= 15 is 0 Å². The molecule has 0 atom stereocenters. The Balaban J connectivity index is 2.33. The predicted molar refractivity (Wildman–Crippen MR) is 112 cm³/mol. The second kappa shape index (κ2) is 7.42. The lowest BCUT2D eigenvalue weighted by molar-refractivity contribution is 0.573. The van der Waals surface area contributed by atoms with E-state index in [2.05, 4.69) is 14.9 Å². The van der Waals surface area contributed by atoms with Gasteiger partial charge in [0.15, 0.2) is 5.82 Å². The summed E-state index contributed by atoms with van der Waals surface area (Å²) >= 11 is 6.34. The van der Waals surface area contributed by atoms with Crippen LogP contribution in [0.15, 0.2) is 41.3 Å². The standard InChI is InChI=1S/C20H22ClFN4O2S/c1-12-23-24-19(26(12)5)16-15(11-14(22)18(21)17(16)20(2,3)4)25-29(27,28)13-9-7-6-8-10-13/h6-11,25H,1-5H3. The van der Waals surface area contributed by atoms with Crippen LogP contribution in [0.25, 0.3) is 11.4 Å². The van der Waals surface area contributed by atoms with E-state index in [1.807, 2.05) is 20.8 Å². The van der Waals surface area contributed by atoms with E-state index in [4.69, 9.17) is 11.6 Å². The van der Waals surface area contributed by atoms with E-state index in [-0.39, 0.29) is 15.6 Å². The Morgan fingerprint density at radius 3 is 2.28 bits per heavy atom. The monoisotopic (exact) mass is 436 g/mol. The molecule has 0 radical (unpaired) electrons. The van der Waals surface area contributed by atoms with Crippen molar-refractivity contribution in [2.75, 3.05) is 4.72 Å². The third-order valence-electron chi connectivity index (χ3n) is 4.58. The first-order valence-electron chi connectivity index (χ1n) is 8.90. The highest BCUT2D eigenvalue weighted by atomic mass is 35.5. The van der Waals surface area contributed by atoms with Gasteiger partial charge in [-0.25, -0.2) is 12.8 Å². The van der Waals surface area contributed by atoms with Gasteiger partial charge in [-0.2, -0.15) is 0 Å². The van der Waals surface area contributed by atoms with E-state index in [1.54, 1.807) is 36.7 Å². The first-order chi connectivity index (χ1) is 13.4. The molecule has 0 saturated carbocycles. The predicted octanol–water partition coefficient (Wildman–Crippen LogP) is 4.68. The number of hydrogen-bond donors (Lipinski definition) is 1. The van der Waals surface area contributed by atoms with Crippen LogP contribution in [0, 0.1) is 12.7 Å². The Labute approximate surface area is 174 Å². The minimum atomic E-state index is -3.96. The van der Waals surface area contributed by atoms with Gasteiger partial charge in [-0.05, 0) is 30.0 Å². The second-order valence-corrected chi connectivity index (χ2v) is 9.83. The number of nitrogens with one attached hydrogen (secondary N) is 1. The first-order valence-corrected chi connectivity index (χ1v) is 10.8. The lowest BCUT2D eigenvalue weighted by Crippen LogP contribution is -2.20. The molecule has 0 fully saturated rings. The summed E-state index contributed by atoms with van der Waals surface area (Å²) in [6, 6.07) is 8.95. The van der Waals surface area contributed by atoms with Crippen LogP contribution in [-0.4, -0.2) is 23.2 Å². The highest BCUT2D eigenvalue weighted by Crippen LogP contribution is 2.43. The van der Waals surface area contributed by atoms with Gasteiger partial charge in [0.2, 0.25) is 0 Å². The fourth-order valence-electron chi connectivity index (χ4n) is 3.07. The van der Waals surface area contributed by atoms with Gasteiger partial charge in [0.05, 0.1) is 15.6 Å². The summed E-state index contributed by atoms with van der Waals surface area (Å²) in [5.74, 6) is 0.294. The molecule has 9 heteroatoms. The maximum absolute atomic E-state index is 14.7. The van der Waals surface area contributed by atoms with Crippen LogP contribution in [0.4, 0.5) is 10.1 Å². The zero-order valence-corrected chi connectivity index (χ0v) is 18.4. The third kappa shape index (κ3) is 4.00. The van der Waals surface area contributed by atoms with Gasteiger partial charge in [0.25, 0.3) is 10.0 Å². The zero-order chi connectivity index (χ0) is 21.6. The highest BCUT2D eigenvalue weighted by molar-refractivity contribution is 7.92. The largest absolute Gasteiger partial charge is 0.314 e. The van der Waals surface area contributed by atoms with E-state index in [0.29, 0.717) is 22.8 Å². The van der Waals surface area contributed by atoms with Gasteiger partial charge in [0.1, 0.15) is 11.6 Å². The molecule has 2 aromatic carbocycles. The van der Waals surface area contributed by atoms with Crippen molar-refractivity contribution in [3.05, 3.63) is 58.6 Å². The number of benzene rings is 2. The van der Waals surface area contributed by atoms with Crippen LogP contribution in [0.3, 0.4) is 0 Å². The van der Waals surface area contributed by atoms with E-state index in [1.165, 1.54) is 12.1 Å². The Morgan fingerprint density at radius 1 is 1.14 bits per heavy atom. The number of hydrogen-bond acceptors (Lipinski definition) is 4. The summed E-state index contributed by atoms with van der Waals surface area (Å²) in [7, 11) is -2.21. The molecule has 3 rings (SSSR count). The number of aryl methyl sites for hydroxylation is 1. The number of aromatic nitrogens is 3. The van der Waals surface area contributed by atoms with Gasteiger partial charge in [0, 0.05) is 18.7 Å². The molecule has 0 aliphatic rings. The summed E-state index contributed by atoms with van der Waals surface area (Å²) in [5.41, 5.74) is 0.296. The molecule has 0 unspecified atom stereocenters. The third-order valence-corrected chi connectivity index (χ3v) is 6.33. The number of halogens is 2. The van der Waals surface area contributed by atoms with Crippen LogP contribution in [-0.2, 0) is 22.5 Å². The summed E-state index contributed by atoms with van der Waals surface area (Å²) < 4.78 is 44.8. The molecule has 3 aromatic rings. The maximum Gasteiger partial charge on any atom is 0.261 e. The number of nitrogens with zero attached hydrogens (tertiary/aromatic N) is 3. The van der Waals surface area contributed by atoms with Gasteiger partial charge in [-0.15, -0.1) is 10.2 Å². The molecule has 0 bridgehead atoms. The SMILES string of the molecule is Cc1nnc(-c2c(NS(=O)(=O)c3ccccc3)cc(F)c(Cl)c2C(C)(C)C)n1C. The number of anilines is 1. The fraction of sp³-hybridized carbons (Fsp3) is 0.300. The van der Waals surface area contributed by atoms with Gasteiger partial charge in [-0.3, -0.25) is 4.72 Å². The lowest BCUT2D eigenvalue weighted by Gasteiger charge is -2.26. The van der Waals surface area contributed by atoms with Gasteiger partial charge >= 0.3 is 0 Å². The fourth-order valence-corrected chi connectivity index (χ4v) is 4.59. The van der Waals surface area contributed by atoms with Crippen molar-refractivity contribution in [1.29, 1.82) is 0 Å². The van der Waals surface area contributed by atoms with E-state index in [0.717, 1.165) is 6.07 Å². The number of sulfonamides is 1. The van der Waals surface area contributed by atoms with Crippen LogP contribution in [0.1, 0.15) is 32.2 Å². The quantitative estimate of drug-likeness (QED) is 0.644. The Hall–Kier alpha value is -2.45. The minimum Gasteiger partial charge on any atom is -0.314 e. The maximum atomic E-state index is 14.7. The summed E-state index contributed by atoms with van der Waals surface area (Å²) in [4.78, 5) is 0.0627. The van der Waals surface area contributed by atoms with Crippen LogP contribution < -0.4 is 4.72 Å². The van der Waals surface area contributed by atoms with Crippen LogP contribution in [0.2, 0.25) is 5.02 Å². The summed E-state index contributed by atoms with van der Waals surface area (Å²) in [6.07, 6.45) is 0. The topological polar surface area (TPSA) is 76.9 Å². The molecule has 1 aromatic heterocycles. The molecule has 154 valence electrons. The Morgan fingerprint density at radius 2 is 1.76 bits per heavy atom. The minimum absolute atomic E-state index is 0.0520. The van der Waals surface area contributed by atoms with Crippen molar-refractivity contribution in [3.63, 3.8) is 0 Å². The highest BCUT2D eigenvalue weighted by Gasteiger charge is 2.31. The molecule has 0 spiro atoms. The molecule has 0 aliphatic heterocycles. The molecular formula is C20H22ClFN4O2S. The van der Waals surface area contributed by atoms with Crippen molar-refractivity contribution in [2.45, 2.75) is 38.0 Å². The van der Waals surface area contributed by atoms with Crippen molar-refractivity contribution < 1.29 is 12.8 Å². The smallest absolute Gasteiger partial charge is 0.261 e. The number of rotatable bonds is 4. The Kier molecular flexibility index (Phi) is 5.44. The summed E-state index contributed by atoms with van der Waals surface area (Å²) in [6.45, 7) is 7.38. The van der Waals surface area contributed by atoms with E-state index in [9.17, 15) is 12.8 Å². The zero-order valence-electron chi connectivity index (χ0n) is 16.8. The Bertz CT molecular complexity index is 1170. The van der Waals surface area contributed by atoms with Crippen molar-refractivity contribution in [2.24, 2.45) is 7.05 Å². The molecular weight excluding hydrogens is 415 g/mol. The second-order valence-electron chi connectivity index (χ2n) is 7.77. The van der Waals surface area contributed by atoms with E-state index < -0.39 is 21.3 Å². The van der Waals surface area contributed by atoms with Crippen molar-refractivity contribution in [3.8, 4) is 11.4 Å². The summed E-state index contributed by atoms with van der Waals surface area (Å²) in [5, 5.41) is 8.18. The molecule has 0 aliphatic carbocycles. The molecule has 0 saturated heterocycles. The van der Waals surface area contributed by atoms with Crippen LogP contribution >= 0.6 is 11.6 Å². The van der Waals surface area contributed by atoms with Gasteiger partial charge < -0.3 is 4.57 Å². The first kappa shape index (κ1) is 21.3. The molecule has 1 N–H and O–H groups in total. The molecule has 6 nitrogen and oxygen atoms in total.